The van der Waals surface area contributed by atoms with Gasteiger partial charge in [-0.15, -0.1) is 0 Å². The topological polar surface area (TPSA) is 92.8 Å². The van der Waals surface area contributed by atoms with Gasteiger partial charge in [0, 0.05) is 10.6 Å². The molecule has 34 heavy (non-hydrogen) atoms. The Morgan fingerprint density at radius 2 is 1.68 bits per heavy atom. The molecule has 2 amide bonds. The van der Waals surface area contributed by atoms with E-state index < -0.39 is 21.9 Å². The molecule has 1 heterocycles. The van der Waals surface area contributed by atoms with Crippen LogP contribution in [0.5, 0.6) is 5.75 Å². The lowest BCUT2D eigenvalue weighted by Gasteiger charge is -2.28. The Bertz CT molecular complexity index is 1440. The molecule has 0 atom stereocenters. The number of hydrogen-bond donors (Lipinski definition) is 1. The summed E-state index contributed by atoms with van der Waals surface area (Å²) < 4.78 is 31.0. The van der Waals surface area contributed by atoms with Crippen LogP contribution in [-0.4, -0.2) is 25.3 Å². The molecule has 1 aliphatic heterocycles. The number of hydrogen-bond acceptors (Lipinski definition) is 6. The molecule has 0 saturated carbocycles. The molecule has 4 rings (SSSR count). The zero-order chi connectivity index (χ0) is 24.5. The van der Waals surface area contributed by atoms with Crippen molar-refractivity contribution in [1.82, 2.24) is 5.32 Å². The van der Waals surface area contributed by atoms with Gasteiger partial charge in [-0.2, -0.15) is 8.42 Å². The van der Waals surface area contributed by atoms with Gasteiger partial charge in [-0.05, 0) is 67.7 Å². The predicted octanol–water partition coefficient (Wildman–Crippen LogP) is 4.25. The predicted molar refractivity (Wildman–Crippen MR) is 133 cm³/mol. The molecule has 1 saturated heterocycles. The highest BCUT2D eigenvalue weighted by atomic mass is 35.5. The number of rotatable bonds is 5. The van der Waals surface area contributed by atoms with Gasteiger partial charge in [0.1, 0.15) is 16.2 Å². The van der Waals surface area contributed by atoms with Crippen LogP contribution in [0.4, 0.5) is 5.69 Å². The van der Waals surface area contributed by atoms with E-state index in [4.69, 9.17) is 28.0 Å². The van der Waals surface area contributed by atoms with E-state index in [0.29, 0.717) is 5.69 Å². The Labute approximate surface area is 206 Å². The van der Waals surface area contributed by atoms with E-state index in [9.17, 15) is 18.0 Å². The number of aryl methyl sites for hydroxylation is 1. The van der Waals surface area contributed by atoms with Crippen molar-refractivity contribution in [2.24, 2.45) is 0 Å². The molecule has 1 N–H and O–H groups in total. The van der Waals surface area contributed by atoms with Crippen molar-refractivity contribution in [3.05, 3.63) is 94.5 Å². The molecule has 0 radical (unpaired) electrons. The first-order valence-corrected chi connectivity index (χ1v) is 12.1. The third kappa shape index (κ3) is 4.86. The monoisotopic (exact) mass is 512 g/mol. The molecule has 1 fully saturated rings. The largest absolute Gasteiger partial charge is 0.378 e. The number of para-hydroxylation sites is 1. The molecule has 0 spiro atoms. The summed E-state index contributed by atoms with van der Waals surface area (Å²) in [6, 6.07) is 18.9. The molecule has 0 unspecified atom stereocenters. The number of anilines is 1. The number of carbonyl (C=O) groups excluding carboxylic acids is 2. The summed E-state index contributed by atoms with van der Waals surface area (Å²) in [6.45, 7) is 1.83. The first-order chi connectivity index (χ1) is 16.2. The first kappa shape index (κ1) is 23.6. The Kier molecular flexibility index (Phi) is 6.52. The van der Waals surface area contributed by atoms with Crippen LogP contribution < -0.4 is 14.4 Å². The number of amides is 2. The van der Waals surface area contributed by atoms with Crippen LogP contribution >= 0.6 is 23.8 Å². The molecule has 3 aromatic rings. The summed E-state index contributed by atoms with van der Waals surface area (Å²) in [5.74, 6) is -1.50. The zero-order valence-corrected chi connectivity index (χ0v) is 20.1. The highest BCUT2D eigenvalue weighted by Crippen LogP contribution is 2.30. The van der Waals surface area contributed by atoms with Crippen molar-refractivity contribution in [1.29, 1.82) is 0 Å². The lowest BCUT2D eigenvalue weighted by molar-refractivity contribution is -0.122. The van der Waals surface area contributed by atoms with Gasteiger partial charge in [0.25, 0.3) is 11.8 Å². The number of benzene rings is 3. The van der Waals surface area contributed by atoms with Crippen molar-refractivity contribution < 1.29 is 22.2 Å². The SMILES string of the molecule is Cc1ccc(S(=O)(=O)Oc2ccc(Cl)cc2/C=C2/C(=O)NC(=S)N(c3ccccc3)C2=O)cc1. The van der Waals surface area contributed by atoms with Gasteiger partial charge in [0.2, 0.25) is 0 Å². The van der Waals surface area contributed by atoms with Crippen LogP contribution in [-0.2, 0) is 19.7 Å². The zero-order valence-electron chi connectivity index (χ0n) is 17.7. The second-order valence-corrected chi connectivity index (χ2v) is 9.70. The second-order valence-electron chi connectivity index (χ2n) is 7.33. The van der Waals surface area contributed by atoms with Gasteiger partial charge < -0.3 is 4.18 Å². The van der Waals surface area contributed by atoms with Gasteiger partial charge in [0.15, 0.2) is 5.11 Å². The first-order valence-electron chi connectivity index (χ1n) is 9.93. The number of halogens is 1. The average Bonchev–Trinajstić information content (AvgIpc) is 2.79. The standard InChI is InChI=1S/C24H17ClN2O5S2/c1-15-7-10-19(11-8-15)34(30,31)32-21-12-9-17(25)13-16(21)14-20-22(28)26-24(33)27(23(20)29)18-5-3-2-4-6-18/h2-14H,1H3,(H,26,28,33)/b20-14-. The smallest absolute Gasteiger partial charge is 0.339 e. The average molecular weight is 513 g/mol. The van der Waals surface area contributed by atoms with Crippen LogP contribution in [0.3, 0.4) is 0 Å². The van der Waals surface area contributed by atoms with E-state index in [1.807, 2.05) is 6.92 Å². The van der Waals surface area contributed by atoms with Crippen LogP contribution in [0.25, 0.3) is 6.08 Å². The lowest BCUT2D eigenvalue weighted by atomic mass is 10.1. The molecular weight excluding hydrogens is 496 g/mol. The number of carbonyl (C=O) groups is 2. The van der Waals surface area contributed by atoms with Gasteiger partial charge in [0.05, 0.1) is 5.69 Å². The maximum atomic E-state index is 13.2. The van der Waals surface area contributed by atoms with Crippen LogP contribution in [0, 0.1) is 6.92 Å². The fraction of sp³-hybridized carbons (Fsp3) is 0.0417. The minimum atomic E-state index is -4.18. The highest BCUT2D eigenvalue weighted by Gasteiger charge is 2.34. The number of thiocarbonyl (C=S) groups is 1. The molecule has 3 aromatic carbocycles. The molecule has 0 bridgehead atoms. The van der Waals surface area contributed by atoms with E-state index in [1.54, 1.807) is 42.5 Å². The third-order valence-electron chi connectivity index (χ3n) is 4.90. The molecule has 172 valence electrons. The van der Waals surface area contributed by atoms with Crippen LogP contribution in [0.1, 0.15) is 11.1 Å². The minimum Gasteiger partial charge on any atom is -0.378 e. The summed E-state index contributed by atoms with van der Waals surface area (Å²) in [5.41, 5.74) is 1.21. The quantitative estimate of drug-likeness (QED) is 0.238. The normalized spacial score (nSPS) is 15.4. The molecule has 0 aliphatic carbocycles. The van der Waals surface area contributed by atoms with E-state index in [-0.39, 0.29) is 31.9 Å². The Morgan fingerprint density at radius 1 is 1.00 bits per heavy atom. The summed E-state index contributed by atoms with van der Waals surface area (Å²) in [4.78, 5) is 27.0. The third-order valence-corrected chi connectivity index (χ3v) is 6.67. The van der Waals surface area contributed by atoms with Gasteiger partial charge >= 0.3 is 10.1 Å². The maximum absolute atomic E-state index is 13.2. The van der Waals surface area contributed by atoms with Crippen molar-refractivity contribution in [3.8, 4) is 5.75 Å². The van der Waals surface area contributed by atoms with Crippen molar-refractivity contribution in [2.75, 3.05) is 4.90 Å². The Balaban J connectivity index is 1.74. The lowest BCUT2D eigenvalue weighted by Crippen LogP contribution is -2.54. The van der Waals surface area contributed by atoms with Gasteiger partial charge in [-0.3, -0.25) is 19.8 Å². The van der Waals surface area contributed by atoms with Crippen molar-refractivity contribution in [2.45, 2.75) is 11.8 Å². The van der Waals surface area contributed by atoms with Crippen LogP contribution in [0.2, 0.25) is 5.02 Å². The fourth-order valence-corrected chi connectivity index (χ4v) is 4.62. The number of nitrogens with zero attached hydrogens (tertiary/aromatic N) is 1. The molecular formula is C24H17ClN2O5S2. The van der Waals surface area contributed by atoms with E-state index in [2.05, 4.69) is 5.32 Å². The van der Waals surface area contributed by atoms with Crippen LogP contribution in [0.15, 0.2) is 83.3 Å². The summed E-state index contributed by atoms with van der Waals surface area (Å²) in [5, 5.41) is 2.67. The summed E-state index contributed by atoms with van der Waals surface area (Å²) in [7, 11) is -4.18. The Hall–Kier alpha value is -3.53. The fourth-order valence-electron chi connectivity index (χ4n) is 3.20. The summed E-state index contributed by atoms with van der Waals surface area (Å²) in [6.07, 6.45) is 1.22. The molecule has 0 aromatic heterocycles. The van der Waals surface area contributed by atoms with Gasteiger partial charge in [-0.1, -0.05) is 47.5 Å². The molecule has 7 nitrogen and oxygen atoms in total. The van der Waals surface area contributed by atoms with E-state index in [0.717, 1.165) is 5.56 Å². The number of nitrogens with one attached hydrogen (secondary N) is 1. The summed E-state index contributed by atoms with van der Waals surface area (Å²) >= 11 is 11.3. The molecule has 1 aliphatic rings. The highest BCUT2D eigenvalue weighted by molar-refractivity contribution is 7.87. The molecule has 10 heteroatoms. The van der Waals surface area contributed by atoms with Gasteiger partial charge in [-0.25, -0.2) is 0 Å². The second kappa shape index (κ2) is 9.38. The maximum Gasteiger partial charge on any atom is 0.339 e. The minimum absolute atomic E-state index is 0.0428. The van der Waals surface area contributed by atoms with Crippen molar-refractivity contribution >= 4 is 62.6 Å². The van der Waals surface area contributed by atoms with E-state index in [1.165, 1.54) is 41.3 Å². The van der Waals surface area contributed by atoms with Crippen molar-refractivity contribution in [3.63, 3.8) is 0 Å². The van der Waals surface area contributed by atoms with E-state index >= 15 is 0 Å². The Morgan fingerprint density at radius 3 is 2.35 bits per heavy atom.